The van der Waals surface area contributed by atoms with Crippen LogP contribution in [0.2, 0.25) is 19.6 Å². The molecule has 0 aromatic rings. The molecule has 9 atom stereocenters. The number of carbonyl (C=O) groups is 1. The van der Waals surface area contributed by atoms with Crippen LogP contribution in [0.4, 0.5) is 0 Å². The van der Waals surface area contributed by atoms with E-state index in [1.807, 2.05) is 61.2 Å². The number of fused-ring (bicyclic) bond motifs is 2. The summed E-state index contributed by atoms with van der Waals surface area (Å²) in [4.78, 5) is 14.3. The van der Waals surface area contributed by atoms with Crippen LogP contribution in [0.15, 0.2) is 0 Å². The molecule has 6 rings (SSSR count). The Hall–Kier alpha value is -0.713. The minimum atomic E-state index is -2.52. The fourth-order valence-electron chi connectivity index (χ4n) is 6.88. The first-order valence-corrected chi connectivity index (χ1v) is 17.6. The lowest BCUT2D eigenvalue weighted by atomic mass is 9.82. The van der Waals surface area contributed by atoms with Crippen LogP contribution in [0.25, 0.3) is 0 Å². The van der Waals surface area contributed by atoms with Gasteiger partial charge < -0.3 is 51.8 Å². The van der Waals surface area contributed by atoms with E-state index >= 15 is 0 Å². The molecule has 0 spiro atoms. The number of rotatable bonds is 5. The average Bonchev–Trinajstić information content (AvgIpc) is 3.56. The number of esters is 1. The molecule has 6 fully saturated rings. The Morgan fingerprint density at radius 3 is 1.73 bits per heavy atom. The molecule has 12 nitrogen and oxygen atoms in total. The van der Waals surface area contributed by atoms with Crippen molar-refractivity contribution in [2.24, 2.45) is 0 Å². The molecule has 0 saturated carbocycles. The molecule has 0 amide bonds. The lowest BCUT2D eigenvalue weighted by molar-refractivity contribution is -0.335. The largest absolute Gasteiger partial charge is 0.454 e. The van der Waals surface area contributed by atoms with Crippen LogP contribution in [0, 0.1) is 0 Å². The standard InChI is InChI=1S/C27H44O12Si/c1-22(2)29-12-14(32-22)16-18-20(37-24(5,6)34-18)27(35-16,39-40(9,10)11)26-19(36-25(7,8)38-26)17(31-21(26)28)15-13-30-23(3,4)33-15/h14-20H,12-13H2,1-11H3/t14-,15-,16-,17-,18+,19+,20+,26+,27-/m1/s1. The molecule has 0 aromatic carbocycles. The van der Waals surface area contributed by atoms with Crippen molar-refractivity contribution in [3.63, 3.8) is 0 Å². The van der Waals surface area contributed by atoms with Gasteiger partial charge in [0, 0.05) is 0 Å². The summed E-state index contributed by atoms with van der Waals surface area (Å²) in [5, 5.41) is 0. The molecular weight excluding hydrogens is 544 g/mol. The van der Waals surface area contributed by atoms with Crippen LogP contribution in [-0.2, 0) is 56.6 Å². The summed E-state index contributed by atoms with van der Waals surface area (Å²) >= 11 is 0. The number of hydrogen-bond donors (Lipinski definition) is 0. The van der Waals surface area contributed by atoms with Crippen LogP contribution in [0.3, 0.4) is 0 Å². The lowest BCUT2D eigenvalue weighted by Gasteiger charge is -2.47. The molecule has 6 aliphatic rings. The second-order valence-electron chi connectivity index (χ2n) is 14.4. The van der Waals surface area contributed by atoms with Gasteiger partial charge >= 0.3 is 5.97 Å². The predicted octanol–water partition coefficient (Wildman–Crippen LogP) is 2.57. The molecule has 228 valence electrons. The van der Waals surface area contributed by atoms with Gasteiger partial charge in [-0.25, -0.2) is 4.79 Å². The molecule has 6 heterocycles. The second-order valence-corrected chi connectivity index (χ2v) is 18.8. The van der Waals surface area contributed by atoms with Crippen LogP contribution in [0.1, 0.15) is 55.4 Å². The monoisotopic (exact) mass is 588 g/mol. The first-order valence-electron chi connectivity index (χ1n) is 14.1. The molecule has 0 radical (unpaired) electrons. The third kappa shape index (κ3) is 4.51. The molecule has 40 heavy (non-hydrogen) atoms. The molecule has 0 aliphatic carbocycles. The maximum atomic E-state index is 14.3. The van der Waals surface area contributed by atoms with Crippen molar-refractivity contribution in [2.75, 3.05) is 13.2 Å². The minimum absolute atomic E-state index is 0.216. The Balaban J connectivity index is 1.49. The Kier molecular flexibility index (Phi) is 6.38. The van der Waals surface area contributed by atoms with Gasteiger partial charge in [-0.15, -0.1) is 0 Å². The van der Waals surface area contributed by atoms with E-state index in [0.29, 0.717) is 0 Å². The molecular formula is C27H44O12Si. The molecule has 0 aromatic heterocycles. The highest BCUT2D eigenvalue weighted by Crippen LogP contribution is 2.60. The first-order chi connectivity index (χ1) is 18.2. The predicted molar refractivity (Wildman–Crippen MR) is 138 cm³/mol. The highest BCUT2D eigenvalue weighted by atomic mass is 28.4. The van der Waals surface area contributed by atoms with E-state index in [1.165, 1.54) is 0 Å². The van der Waals surface area contributed by atoms with Crippen LogP contribution >= 0.6 is 0 Å². The minimum Gasteiger partial charge on any atom is -0.454 e. The summed E-state index contributed by atoms with van der Waals surface area (Å²) in [6, 6.07) is 0. The molecule has 13 heteroatoms. The second kappa shape index (κ2) is 8.69. The van der Waals surface area contributed by atoms with E-state index in [4.69, 9.17) is 51.8 Å². The topological polar surface area (TPSA) is 119 Å². The van der Waals surface area contributed by atoms with Gasteiger partial charge in [0.05, 0.1) is 13.2 Å². The fourth-order valence-corrected chi connectivity index (χ4v) is 8.11. The van der Waals surface area contributed by atoms with Gasteiger partial charge in [-0.3, -0.25) is 0 Å². The number of carbonyl (C=O) groups excluding carboxylic acids is 1. The molecule has 0 bridgehead atoms. The summed E-state index contributed by atoms with van der Waals surface area (Å²) < 4.78 is 70.2. The Bertz CT molecular complexity index is 1050. The molecule has 0 unspecified atom stereocenters. The summed E-state index contributed by atoms with van der Waals surface area (Å²) in [5.74, 6) is -6.32. The van der Waals surface area contributed by atoms with Crippen molar-refractivity contribution in [3.05, 3.63) is 0 Å². The normalized spacial score (nSPS) is 48.4. The quantitative estimate of drug-likeness (QED) is 0.347. The SMILES string of the molecule is CC1(C)OC[C@H]([C@H]2OC(=O)[C@@]3([C@@]4(O[Si](C)(C)C)O[C@H]([C@H]5COC(C)(C)O5)[C@@H]5OC(C)(C)O[C@@H]54)OC(C)(C)O[C@@H]23)O1. The number of ether oxygens (including phenoxy) is 10. The van der Waals surface area contributed by atoms with Crippen LogP contribution in [0.5, 0.6) is 0 Å². The van der Waals surface area contributed by atoms with E-state index in [9.17, 15) is 4.79 Å². The van der Waals surface area contributed by atoms with Gasteiger partial charge in [-0.2, -0.15) is 0 Å². The van der Waals surface area contributed by atoms with Crippen molar-refractivity contribution in [2.45, 2.75) is 152 Å². The van der Waals surface area contributed by atoms with Gasteiger partial charge in [-0.1, -0.05) is 0 Å². The van der Waals surface area contributed by atoms with Crippen molar-refractivity contribution < 1.29 is 56.6 Å². The first kappa shape index (κ1) is 29.4. The zero-order chi connectivity index (χ0) is 29.3. The van der Waals surface area contributed by atoms with Crippen molar-refractivity contribution in [3.8, 4) is 0 Å². The smallest absolute Gasteiger partial charge is 0.347 e. The van der Waals surface area contributed by atoms with E-state index in [0.717, 1.165) is 0 Å². The Morgan fingerprint density at radius 2 is 1.20 bits per heavy atom. The summed E-state index contributed by atoms with van der Waals surface area (Å²) in [5.41, 5.74) is -1.87. The highest BCUT2D eigenvalue weighted by molar-refractivity contribution is 6.69. The van der Waals surface area contributed by atoms with Gasteiger partial charge in [-0.05, 0) is 75.0 Å². The summed E-state index contributed by atoms with van der Waals surface area (Å²) in [6.07, 6.45) is -5.16. The third-order valence-corrected chi connectivity index (χ3v) is 8.89. The number of cyclic esters (lactones) is 1. The zero-order valence-electron chi connectivity index (χ0n) is 25.4. The number of hydrogen-bond acceptors (Lipinski definition) is 12. The maximum Gasteiger partial charge on any atom is 0.347 e. The van der Waals surface area contributed by atoms with Crippen molar-refractivity contribution in [1.29, 1.82) is 0 Å². The van der Waals surface area contributed by atoms with Crippen LogP contribution < -0.4 is 0 Å². The van der Waals surface area contributed by atoms with Crippen molar-refractivity contribution in [1.82, 2.24) is 0 Å². The average molecular weight is 589 g/mol. The zero-order valence-corrected chi connectivity index (χ0v) is 26.4. The Morgan fingerprint density at radius 1 is 0.650 bits per heavy atom. The molecule has 0 N–H and O–H groups in total. The summed E-state index contributed by atoms with van der Waals surface area (Å²) in [6.45, 7) is 21.0. The fraction of sp³-hybridized carbons (Fsp3) is 0.963. The highest BCUT2D eigenvalue weighted by Gasteiger charge is 2.85. The van der Waals surface area contributed by atoms with Crippen molar-refractivity contribution >= 4 is 14.3 Å². The van der Waals surface area contributed by atoms with E-state index in [2.05, 4.69) is 0 Å². The third-order valence-electron chi connectivity index (χ3n) is 7.97. The van der Waals surface area contributed by atoms with E-state index < -0.39 is 91.6 Å². The van der Waals surface area contributed by atoms with Crippen LogP contribution in [-0.4, -0.2) is 105 Å². The van der Waals surface area contributed by atoms with E-state index in [1.54, 1.807) is 13.8 Å². The van der Waals surface area contributed by atoms with Gasteiger partial charge in [0.1, 0.15) is 36.6 Å². The molecule has 6 saturated heterocycles. The summed E-state index contributed by atoms with van der Waals surface area (Å²) in [7, 11) is -2.52. The lowest BCUT2D eigenvalue weighted by Crippen LogP contribution is -2.71. The van der Waals surface area contributed by atoms with Gasteiger partial charge in [0.15, 0.2) is 37.6 Å². The molecule has 6 aliphatic heterocycles. The Labute approximate surface area is 236 Å². The van der Waals surface area contributed by atoms with Gasteiger partial charge in [0.2, 0.25) is 5.79 Å². The van der Waals surface area contributed by atoms with Gasteiger partial charge in [0.25, 0.3) is 5.60 Å². The van der Waals surface area contributed by atoms with E-state index in [-0.39, 0.29) is 13.2 Å². The maximum absolute atomic E-state index is 14.3.